The highest BCUT2D eigenvalue weighted by atomic mass is 16.5. The third-order valence-electron chi connectivity index (χ3n) is 5.05. The Bertz CT molecular complexity index is 663. The number of para-hydroxylation sites is 1. The van der Waals surface area contributed by atoms with Crippen molar-refractivity contribution in [3.05, 3.63) is 59.7 Å². The molecule has 0 saturated carbocycles. The molecule has 1 fully saturated rings. The van der Waals surface area contributed by atoms with Crippen LogP contribution in [-0.2, 0) is 6.54 Å². The van der Waals surface area contributed by atoms with Gasteiger partial charge in [0.15, 0.2) is 0 Å². The Hall–Kier alpha value is -2.04. The summed E-state index contributed by atoms with van der Waals surface area (Å²) < 4.78 is 5.42. The van der Waals surface area contributed by atoms with E-state index in [-0.39, 0.29) is 0 Å². The third kappa shape index (κ3) is 4.53. The molecule has 134 valence electrons. The first-order valence-corrected chi connectivity index (χ1v) is 9.06. The summed E-state index contributed by atoms with van der Waals surface area (Å²) in [4.78, 5) is 4.85. The normalized spacial score (nSPS) is 16.7. The van der Waals surface area contributed by atoms with Crippen LogP contribution in [-0.4, -0.2) is 45.2 Å². The van der Waals surface area contributed by atoms with E-state index in [1.54, 1.807) is 7.11 Å². The summed E-state index contributed by atoms with van der Waals surface area (Å²) >= 11 is 0. The molecule has 2 aromatic carbocycles. The van der Waals surface area contributed by atoms with Crippen molar-refractivity contribution in [2.75, 3.05) is 45.2 Å². The average Bonchev–Trinajstić information content (AvgIpc) is 2.67. The minimum absolute atomic E-state index is 0.298. The lowest BCUT2D eigenvalue weighted by Crippen LogP contribution is -2.44. The van der Waals surface area contributed by atoms with Gasteiger partial charge in [-0.15, -0.1) is 0 Å². The average molecular weight is 339 g/mol. The van der Waals surface area contributed by atoms with Gasteiger partial charge in [-0.1, -0.05) is 30.3 Å². The Morgan fingerprint density at radius 2 is 1.68 bits per heavy atom. The van der Waals surface area contributed by atoms with Crippen LogP contribution in [0.5, 0.6) is 5.75 Å². The summed E-state index contributed by atoms with van der Waals surface area (Å²) in [5.41, 5.74) is 3.83. The lowest BCUT2D eigenvalue weighted by molar-refractivity contribution is 0.313. The second kappa shape index (κ2) is 8.37. The number of rotatable bonds is 6. The summed E-state index contributed by atoms with van der Waals surface area (Å²) in [6.07, 6.45) is 0. The van der Waals surface area contributed by atoms with Crippen LogP contribution in [0.3, 0.4) is 0 Å². The van der Waals surface area contributed by atoms with Gasteiger partial charge in [-0.2, -0.15) is 0 Å². The van der Waals surface area contributed by atoms with Gasteiger partial charge in [-0.25, -0.2) is 0 Å². The fourth-order valence-corrected chi connectivity index (χ4v) is 3.27. The number of nitrogens with zero attached hydrogens (tertiary/aromatic N) is 2. The van der Waals surface area contributed by atoms with E-state index in [1.807, 2.05) is 12.1 Å². The van der Waals surface area contributed by atoms with Gasteiger partial charge in [-0.3, -0.25) is 0 Å². The minimum atomic E-state index is 0.298. The van der Waals surface area contributed by atoms with Crippen LogP contribution < -0.4 is 15.0 Å². The highest BCUT2D eigenvalue weighted by Gasteiger charge is 2.14. The molecule has 25 heavy (non-hydrogen) atoms. The number of hydrogen-bond acceptors (Lipinski definition) is 4. The number of hydrogen-bond donors (Lipinski definition) is 1. The van der Waals surface area contributed by atoms with E-state index in [9.17, 15) is 0 Å². The third-order valence-corrected chi connectivity index (χ3v) is 5.05. The largest absolute Gasteiger partial charge is 0.496 e. The number of piperazine rings is 1. The summed E-state index contributed by atoms with van der Waals surface area (Å²) in [6, 6.07) is 17.5. The molecule has 4 heteroatoms. The van der Waals surface area contributed by atoms with Crippen LogP contribution in [0.2, 0.25) is 0 Å². The maximum absolute atomic E-state index is 5.42. The number of methoxy groups -OCH3 is 1. The van der Waals surface area contributed by atoms with Gasteiger partial charge in [0, 0.05) is 50.0 Å². The van der Waals surface area contributed by atoms with Gasteiger partial charge in [0.2, 0.25) is 0 Å². The quantitative estimate of drug-likeness (QED) is 0.874. The second-order valence-corrected chi connectivity index (χ2v) is 6.80. The van der Waals surface area contributed by atoms with E-state index in [4.69, 9.17) is 4.74 Å². The van der Waals surface area contributed by atoms with Crippen molar-refractivity contribution < 1.29 is 4.74 Å². The molecule has 1 aliphatic heterocycles. The van der Waals surface area contributed by atoms with Crippen molar-refractivity contribution in [1.82, 2.24) is 10.2 Å². The van der Waals surface area contributed by atoms with E-state index in [1.165, 1.54) is 16.8 Å². The first-order valence-electron chi connectivity index (χ1n) is 9.06. The zero-order valence-electron chi connectivity index (χ0n) is 15.5. The molecule has 0 amide bonds. The molecule has 4 nitrogen and oxygen atoms in total. The molecule has 0 bridgehead atoms. The topological polar surface area (TPSA) is 27.7 Å². The van der Waals surface area contributed by atoms with Crippen LogP contribution in [0.15, 0.2) is 48.5 Å². The Balaban J connectivity index is 1.58. The molecule has 1 heterocycles. The fourth-order valence-electron chi connectivity index (χ4n) is 3.27. The second-order valence-electron chi connectivity index (χ2n) is 6.80. The van der Waals surface area contributed by atoms with E-state index in [0.29, 0.717) is 6.04 Å². The van der Waals surface area contributed by atoms with E-state index in [2.05, 4.69) is 65.5 Å². The number of nitrogens with one attached hydrogen (secondary N) is 1. The van der Waals surface area contributed by atoms with Gasteiger partial charge < -0.3 is 19.9 Å². The first-order chi connectivity index (χ1) is 12.2. The summed E-state index contributed by atoms with van der Waals surface area (Å²) in [6.45, 7) is 7.50. The van der Waals surface area contributed by atoms with Crippen LogP contribution in [0.4, 0.5) is 5.69 Å². The van der Waals surface area contributed by atoms with Crippen LogP contribution in [0, 0.1) is 0 Å². The maximum Gasteiger partial charge on any atom is 0.123 e. The fraction of sp³-hybridized carbons (Fsp3) is 0.429. The minimum Gasteiger partial charge on any atom is -0.496 e. The lowest BCUT2D eigenvalue weighted by atomic mass is 10.1. The molecule has 0 aliphatic carbocycles. The molecular weight excluding hydrogens is 310 g/mol. The van der Waals surface area contributed by atoms with Crippen LogP contribution in [0.1, 0.15) is 24.1 Å². The summed E-state index contributed by atoms with van der Waals surface area (Å²) in [5, 5.41) is 3.59. The Kier molecular flexibility index (Phi) is 5.95. The van der Waals surface area contributed by atoms with Gasteiger partial charge in [0.25, 0.3) is 0 Å². The van der Waals surface area contributed by atoms with Crippen molar-refractivity contribution in [3.8, 4) is 5.75 Å². The van der Waals surface area contributed by atoms with Gasteiger partial charge >= 0.3 is 0 Å². The molecule has 3 rings (SSSR count). The number of benzene rings is 2. The molecule has 1 atom stereocenters. The van der Waals surface area contributed by atoms with E-state index >= 15 is 0 Å². The molecule has 0 radical (unpaired) electrons. The molecule has 1 unspecified atom stereocenters. The van der Waals surface area contributed by atoms with Crippen LogP contribution >= 0.6 is 0 Å². The Labute approximate surface area is 151 Å². The summed E-state index contributed by atoms with van der Waals surface area (Å²) in [7, 11) is 3.91. The highest BCUT2D eigenvalue weighted by Crippen LogP contribution is 2.22. The predicted octanol–water partition coefficient (Wildman–Crippen LogP) is 3.30. The molecule has 1 aliphatic rings. The monoisotopic (exact) mass is 339 g/mol. The first kappa shape index (κ1) is 17.8. The predicted molar refractivity (Wildman–Crippen MR) is 104 cm³/mol. The smallest absolute Gasteiger partial charge is 0.123 e. The maximum atomic E-state index is 5.42. The summed E-state index contributed by atoms with van der Waals surface area (Å²) in [5.74, 6) is 0.938. The molecule has 0 spiro atoms. The molecule has 0 aromatic heterocycles. The lowest BCUT2D eigenvalue weighted by Gasteiger charge is -2.34. The molecule has 1 N–H and O–H groups in total. The van der Waals surface area contributed by atoms with E-state index in [0.717, 1.165) is 38.5 Å². The standard InChI is InChI=1S/C21H29N3O/c1-17(22-16-19-6-4-5-7-21(19)25-3)18-8-10-20(11-9-18)24-14-12-23(2)13-15-24/h4-11,17,22H,12-16H2,1-3H3. The van der Waals surface area contributed by atoms with Gasteiger partial charge in [-0.05, 0) is 37.7 Å². The van der Waals surface area contributed by atoms with Crippen molar-refractivity contribution in [2.24, 2.45) is 0 Å². The van der Waals surface area contributed by atoms with Crippen molar-refractivity contribution in [3.63, 3.8) is 0 Å². The van der Waals surface area contributed by atoms with Crippen molar-refractivity contribution in [2.45, 2.75) is 19.5 Å². The van der Waals surface area contributed by atoms with Gasteiger partial charge in [0.1, 0.15) is 5.75 Å². The number of likely N-dealkylation sites (N-methyl/N-ethyl adjacent to an activating group) is 1. The SMILES string of the molecule is COc1ccccc1CNC(C)c1ccc(N2CCN(C)CC2)cc1. The van der Waals surface area contributed by atoms with E-state index < -0.39 is 0 Å². The van der Waals surface area contributed by atoms with Crippen molar-refractivity contribution in [1.29, 1.82) is 0 Å². The zero-order chi connectivity index (χ0) is 17.6. The molecule has 2 aromatic rings. The number of ether oxygens (including phenoxy) is 1. The Morgan fingerprint density at radius 3 is 2.36 bits per heavy atom. The zero-order valence-corrected chi connectivity index (χ0v) is 15.5. The Morgan fingerprint density at radius 1 is 1.00 bits per heavy atom. The molecular formula is C21H29N3O. The highest BCUT2D eigenvalue weighted by molar-refractivity contribution is 5.48. The van der Waals surface area contributed by atoms with Crippen molar-refractivity contribution >= 4 is 5.69 Å². The van der Waals surface area contributed by atoms with Crippen LogP contribution in [0.25, 0.3) is 0 Å². The molecule has 1 saturated heterocycles. The van der Waals surface area contributed by atoms with Gasteiger partial charge in [0.05, 0.1) is 7.11 Å². The number of anilines is 1.